The second kappa shape index (κ2) is 4.92. The predicted molar refractivity (Wildman–Crippen MR) is 66.1 cm³/mol. The van der Waals surface area contributed by atoms with Crippen molar-refractivity contribution in [1.82, 2.24) is 9.97 Å². The topological polar surface area (TPSA) is 75.1 Å². The number of carboxylic acids is 1. The molecular weight excluding hydrogens is 238 g/mol. The van der Waals surface area contributed by atoms with E-state index in [4.69, 9.17) is 5.11 Å². The quantitative estimate of drug-likeness (QED) is 0.867. The summed E-state index contributed by atoms with van der Waals surface area (Å²) in [6, 6.07) is 3.23. The van der Waals surface area contributed by atoms with Crippen molar-refractivity contribution >= 4 is 23.3 Å². The number of rotatable bonds is 4. The number of carbonyl (C=O) groups is 1. The van der Waals surface area contributed by atoms with Gasteiger partial charge in [0.25, 0.3) is 0 Å². The van der Waals surface area contributed by atoms with Gasteiger partial charge in [0.15, 0.2) is 0 Å². The van der Waals surface area contributed by atoms with Crippen LogP contribution < -0.4 is 5.32 Å². The molecule has 0 aliphatic carbocycles. The van der Waals surface area contributed by atoms with E-state index in [1.807, 2.05) is 17.5 Å². The average Bonchev–Trinajstić information content (AvgIpc) is 2.83. The molecule has 6 heteroatoms. The van der Waals surface area contributed by atoms with Crippen molar-refractivity contribution in [3.05, 3.63) is 29.9 Å². The molecular formula is C11H11N3O2S. The lowest BCUT2D eigenvalue weighted by atomic mass is 10.3. The molecule has 2 heterocycles. The van der Waals surface area contributed by atoms with Crippen LogP contribution in [0.25, 0.3) is 10.4 Å². The fourth-order valence-corrected chi connectivity index (χ4v) is 1.93. The highest BCUT2D eigenvalue weighted by atomic mass is 32.1. The first kappa shape index (κ1) is 11.5. The van der Waals surface area contributed by atoms with Crippen molar-refractivity contribution in [3.8, 4) is 10.4 Å². The van der Waals surface area contributed by atoms with Crippen LogP contribution in [0.3, 0.4) is 0 Å². The Labute approximate surface area is 102 Å². The molecule has 0 spiro atoms. The predicted octanol–water partition coefficient (Wildman–Crippen LogP) is 2.09. The Kier molecular flexibility index (Phi) is 3.34. The molecule has 0 saturated carbocycles. The van der Waals surface area contributed by atoms with E-state index < -0.39 is 12.0 Å². The van der Waals surface area contributed by atoms with Gasteiger partial charge >= 0.3 is 5.97 Å². The van der Waals surface area contributed by atoms with Gasteiger partial charge in [0.2, 0.25) is 5.95 Å². The zero-order chi connectivity index (χ0) is 12.3. The molecule has 0 saturated heterocycles. The lowest BCUT2D eigenvalue weighted by molar-refractivity contribution is -0.137. The highest BCUT2D eigenvalue weighted by Crippen LogP contribution is 2.23. The van der Waals surface area contributed by atoms with Crippen LogP contribution in [0.15, 0.2) is 29.9 Å². The van der Waals surface area contributed by atoms with E-state index in [1.165, 1.54) is 0 Å². The molecule has 2 aromatic rings. The van der Waals surface area contributed by atoms with E-state index >= 15 is 0 Å². The van der Waals surface area contributed by atoms with Crippen molar-refractivity contribution in [2.24, 2.45) is 0 Å². The van der Waals surface area contributed by atoms with E-state index in [2.05, 4.69) is 15.3 Å². The number of thiophene rings is 1. The van der Waals surface area contributed by atoms with Crippen LogP contribution in [-0.2, 0) is 4.79 Å². The number of nitrogens with one attached hydrogen (secondary N) is 1. The first-order chi connectivity index (χ1) is 8.16. The summed E-state index contributed by atoms with van der Waals surface area (Å²) in [5, 5.41) is 13.4. The summed E-state index contributed by atoms with van der Waals surface area (Å²) >= 11 is 1.61. The third-order valence-corrected chi connectivity index (χ3v) is 3.09. The van der Waals surface area contributed by atoms with Crippen LogP contribution in [0.5, 0.6) is 0 Å². The van der Waals surface area contributed by atoms with Gasteiger partial charge < -0.3 is 10.4 Å². The summed E-state index contributed by atoms with van der Waals surface area (Å²) in [6.45, 7) is 1.54. The van der Waals surface area contributed by atoms with Gasteiger partial charge in [-0.25, -0.2) is 9.97 Å². The first-order valence-electron chi connectivity index (χ1n) is 5.02. The van der Waals surface area contributed by atoms with E-state index in [-0.39, 0.29) is 0 Å². The fourth-order valence-electron chi connectivity index (χ4n) is 1.23. The largest absolute Gasteiger partial charge is 0.480 e. The van der Waals surface area contributed by atoms with Gasteiger partial charge in [0.1, 0.15) is 6.04 Å². The highest BCUT2D eigenvalue weighted by Gasteiger charge is 2.11. The SMILES string of the molecule is CC(Nc1ncc(-c2cccs2)cn1)C(=O)O. The van der Waals surface area contributed by atoms with Crippen LogP contribution in [0.4, 0.5) is 5.95 Å². The molecule has 5 nitrogen and oxygen atoms in total. The van der Waals surface area contributed by atoms with Crippen molar-refractivity contribution in [1.29, 1.82) is 0 Å². The summed E-state index contributed by atoms with van der Waals surface area (Å²) in [5.41, 5.74) is 0.925. The normalized spacial score (nSPS) is 12.1. The van der Waals surface area contributed by atoms with Gasteiger partial charge in [0, 0.05) is 22.8 Å². The third-order valence-electron chi connectivity index (χ3n) is 2.17. The van der Waals surface area contributed by atoms with Crippen LogP contribution in [0.1, 0.15) is 6.92 Å². The van der Waals surface area contributed by atoms with Crippen LogP contribution >= 0.6 is 11.3 Å². The van der Waals surface area contributed by atoms with Gasteiger partial charge in [-0.2, -0.15) is 0 Å². The van der Waals surface area contributed by atoms with Crippen LogP contribution in [0.2, 0.25) is 0 Å². The number of anilines is 1. The summed E-state index contributed by atoms with van der Waals surface area (Å²) in [5.74, 6) is -0.615. The Morgan fingerprint density at radius 3 is 2.71 bits per heavy atom. The molecule has 2 rings (SSSR count). The molecule has 0 aliphatic heterocycles. The minimum Gasteiger partial charge on any atom is -0.480 e. The molecule has 88 valence electrons. The Morgan fingerprint density at radius 2 is 2.18 bits per heavy atom. The van der Waals surface area contributed by atoms with Crippen molar-refractivity contribution < 1.29 is 9.90 Å². The Bertz CT molecular complexity index is 496. The number of hydrogen-bond acceptors (Lipinski definition) is 5. The lowest BCUT2D eigenvalue weighted by Crippen LogP contribution is -2.26. The minimum atomic E-state index is -0.934. The molecule has 17 heavy (non-hydrogen) atoms. The number of hydrogen-bond donors (Lipinski definition) is 2. The summed E-state index contributed by atoms with van der Waals surface area (Å²) < 4.78 is 0. The molecule has 0 aromatic carbocycles. The summed E-state index contributed by atoms with van der Waals surface area (Å²) in [6.07, 6.45) is 3.35. The van der Waals surface area contributed by atoms with Crippen LogP contribution in [-0.4, -0.2) is 27.1 Å². The standard InChI is InChI=1S/C11H11N3O2S/c1-7(10(15)16)14-11-12-5-8(6-13-11)9-3-2-4-17-9/h2-7H,1H3,(H,15,16)(H,12,13,14). The molecule has 2 aromatic heterocycles. The van der Waals surface area contributed by atoms with Crippen LogP contribution in [0, 0.1) is 0 Å². The van der Waals surface area contributed by atoms with Gasteiger partial charge in [0.05, 0.1) is 0 Å². The molecule has 0 radical (unpaired) electrons. The first-order valence-corrected chi connectivity index (χ1v) is 5.90. The maximum absolute atomic E-state index is 10.6. The van der Waals surface area contributed by atoms with E-state index in [1.54, 1.807) is 30.7 Å². The molecule has 0 bridgehead atoms. The summed E-state index contributed by atoms with van der Waals surface area (Å²) in [7, 11) is 0. The monoisotopic (exact) mass is 249 g/mol. The smallest absolute Gasteiger partial charge is 0.325 e. The van der Waals surface area contributed by atoms with Gasteiger partial charge in [-0.1, -0.05) is 6.07 Å². The second-order valence-electron chi connectivity index (χ2n) is 3.48. The highest BCUT2D eigenvalue weighted by molar-refractivity contribution is 7.13. The maximum atomic E-state index is 10.6. The minimum absolute atomic E-state index is 0.320. The molecule has 0 aliphatic rings. The van der Waals surface area contributed by atoms with Crippen molar-refractivity contribution in [2.75, 3.05) is 5.32 Å². The van der Waals surface area contributed by atoms with E-state index in [0.29, 0.717) is 5.95 Å². The number of aliphatic carboxylic acids is 1. The molecule has 2 N–H and O–H groups in total. The molecule has 0 fully saturated rings. The maximum Gasteiger partial charge on any atom is 0.325 e. The zero-order valence-corrected chi connectivity index (χ0v) is 9.94. The molecule has 0 amide bonds. The summed E-state index contributed by atoms with van der Waals surface area (Å²) in [4.78, 5) is 19.9. The van der Waals surface area contributed by atoms with Crippen molar-refractivity contribution in [2.45, 2.75) is 13.0 Å². The van der Waals surface area contributed by atoms with Gasteiger partial charge in [-0.05, 0) is 18.4 Å². The van der Waals surface area contributed by atoms with Crippen molar-refractivity contribution in [3.63, 3.8) is 0 Å². The Hall–Kier alpha value is -1.95. The average molecular weight is 249 g/mol. The van der Waals surface area contributed by atoms with E-state index in [9.17, 15) is 4.79 Å². The Balaban J connectivity index is 2.11. The lowest BCUT2D eigenvalue weighted by Gasteiger charge is -2.08. The fraction of sp³-hybridized carbons (Fsp3) is 0.182. The van der Waals surface area contributed by atoms with E-state index in [0.717, 1.165) is 10.4 Å². The Morgan fingerprint density at radius 1 is 1.47 bits per heavy atom. The third kappa shape index (κ3) is 2.79. The molecule has 1 unspecified atom stereocenters. The van der Waals surface area contributed by atoms with Gasteiger partial charge in [-0.15, -0.1) is 11.3 Å². The second-order valence-corrected chi connectivity index (χ2v) is 4.42. The number of nitrogens with zero attached hydrogens (tertiary/aromatic N) is 2. The number of carboxylic acid groups (broad SMARTS) is 1. The molecule has 1 atom stereocenters. The van der Waals surface area contributed by atoms with Gasteiger partial charge in [-0.3, -0.25) is 4.79 Å². The zero-order valence-electron chi connectivity index (χ0n) is 9.12. The number of aromatic nitrogens is 2.